The Labute approximate surface area is 104 Å². The Morgan fingerprint density at radius 3 is 2.76 bits per heavy atom. The van der Waals surface area contributed by atoms with E-state index in [0.29, 0.717) is 0 Å². The second-order valence-electron chi connectivity index (χ2n) is 4.13. The summed E-state index contributed by atoms with van der Waals surface area (Å²) in [6, 6.07) is 4.73. The normalized spacial score (nSPS) is 17.3. The van der Waals surface area contributed by atoms with E-state index in [9.17, 15) is 9.18 Å². The molecule has 1 aliphatic carbocycles. The number of carbonyl (C=O) groups is 1. The molecular formula is C12H14FNO2S. The maximum absolute atomic E-state index is 13.4. The molecule has 0 unspecified atom stereocenters. The van der Waals surface area contributed by atoms with Gasteiger partial charge < -0.3 is 9.53 Å². The summed E-state index contributed by atoms with van der Waals surface area (Å²) >= 11 is 1.28. The molecular weight excluding hydrogens is 241 g/mol. The molecule has 17 heavy (non-hydrogen) atoms. The van der Waals surface area contributed by atoms with Crippen molar-refractivity contribution >= 4 is 18.2 Å². The van der Waals surface area contributed by atoms with Crippen molar-refractivity contribution in [1.82, 2.24) is 4.72 Å². The van der Waals surface area contributed by atoms with Gasteiger partial charge in [-0.05, 0) is 49.4 Å². The lowest BCUT2D eigenvalue weighted by atomic mass is 9.79. The van der Waals surface area contributed by atoms with Crippen LogP contribution in [-0.2, 0) is 4.79 Å². The molecule has 0 amide bonds. The molecule has 1 aliphatic rings. The Morgan fingerprint density at radius 1 is 1.53 bits per heavy atom. The van der Waals surface area contributed by atoms with Crippen LogP contribution in [0.1, 0.15) is 19.3 Å². The molecule has 1 fully saturated rings. The van der Waals surface area contributed by atoms with Crippen LogP contribution in [0.5, 0.6) is 5.75 Å². The van der Waals surface area contributed by atoms with E-state index in [-0.39, 0.29) is 5.75 Å². The van der Waals surface area contributed by atoms with Gasteiger partial charge in [0, 0.05) is 4.90 Å². The number of aldehydes is 1. The fourth-order valence-corrected chi connectivity index (χ4v) is 2.54. The lowest BCUT2D eigenvalue weighted by Crippen LogP contribution is -2.49. The van der Waals surface area contributed by atoms with E-state index in [4.69, 9.17) is 4.74 Å². The number of hydrogen-bond acceptors (Lipinski definition) is 4. The molecule has 5 heteroatoms. The molecule has 1 aromatic carbocycles. The SMILES string of the molecule is COc1ccc(SNC2(C=O)CCC2)cc1F. The minimum atomic E-state index is -0.416. The Kier molecular flexibility index (Phi) is 3.69. The highest BCUT2D eigenvalue weighted by Crippen LogP contribution is 2.33. The largest absolute Gasteiger partial charge is 0.494 e. The van der Waals surface area contributed by atoms with Crippen LogP contribution < -0.4 is 9.46 Å². The van der Waals surface area contributed by atoms with Crippen molar-refractivity contribution in [2.24, 2.45) is 0 Å². The van der Waals surface area contributed by atoms with E-state index < -0.39 is 11.4 Å². The highest BCUT2D eigenvalue weighted by atomic mass is 32.2. The maximum Gasteiger partial charge on any atom is 0.166 e. The van der Waals surface area contributed by atoms with Crippen LogP contribution in [0.15, 0.2) is 23.1 Å². The number of halogens is 1. The van der Waals surface area contributed by atoms with E-state index in [2.05, 4.69) is 4.72 Å². The Morgan fingerprint density at radius 2 is 2.29 bits per heavy atom. The van der Waals surface area contributed by atoms with E-state index in [0.717, 1.165) is 30.4 Å². The third-order valence-corrected chi connectivity index (χ3v) is 3.97. The number of carbonyl (C=O) groups excluding carboxylic acids is 1. The fraction of sp³-hybridized carbons (Fsp3) is 0.417. The average Bonchev–Trinajstić information content (AvgIpc) is 2.28. The van der Waals surface area contributed by atoms with Gasteiger partial charge in [0.15, 0.2) is 11.6 Å². The monoisotopic (exact) mass is 255 g/mol. The first-order valence-electron chi connectivity index (χ1n) is 5.43. The highest BCUT2D eigenvalue weighted by molar-refractivity contribution is 7.97. The average molecular weight is 255 g/mol. The number of methoxy groups -OCH3 is 1. The molecule has 1 aromatic rings. The molecule has 0 bridgehead atoms. The molecule has 0 radical (unpaired) electrons. The molecule has 92 valence electrons. The van der Waals surface area contributed by atoms with E-state index in [1.807, 2.05) is 0 Å². The van der Waals surface area contributed by atoms with Gasteiger partial charge in [-0.15, -0.1) is 0 Å². The fourth-order valence-electron chi connectivity index (χ4n) is 1.67. The van der Waals surface area contributed by atoms with Gasteiger partial charge in [-0.3, -0.25) is 0 Å². The second kappa shape index (κ2) is 5.06. The molecule has 2 rings (SSSR count). The molecule has 0 aliphatic heterocycles. The molecule has 0 aromatic heterocycles. The first-order chi connectivity index (χ1) is 8.19. The van der Waals surface area contributed by atoms with Crippen LogP contribution in [0.3, 0.4) is 0 Å². The Bertz CT molecular complexity index is 421. The molecule has 1 N–H and O–H groups in total. The Balaban J connectivity index is 1.99. The van der Waals surface area contributed by atoms with Crippen LogP contribution in [0.4, 0.5) is 4.39 Å². The van der Waals surface area contributed by atoms with Crippen molar-refractivity contribution in [2.45, 2.75) is 29.7 Å². The molecule has 3 nitrogen and oxygen atoms in total. The van der Waals surface area contributed by atoms with Crippen molar-refractivity contribution in [3.8, 4) is 5.75 Å². The van der Waals surface area contributed by atoms with Crippen molar-refractivity contribution in [1.29, 1.82) is 0 Å². The van der Waals surface area contributed by atoms with Crippen molar-refractivity contribution in [2.75, 3.05) is 7.11 Å². The summed E-state index contributed by atoms with van der Waals surface area (Å²) in [6.45, 7) is 0. The van der Waals surface area contributed by atoms with Gasteiger partial charge in [-0.2, -0.15) is 0 Å². The molecule has 0 spiro atoms. The van der Waals surface area contributed by atoms with Gasteiger partial charge in [-0.25, -0.2) is 9.11 Å². The van der Waals surface area contributed by atoms with Gasteiger partial charge in [0.05, 0.1) is 12.6 Å². The lowest BCUT2D eigenvalue weighted by molar-refractivity contribution is -0.115. The minimum absolute atomic E-state index is 0.225. The molecule has 0 atom stereocenters. The number of rotatable bonds is 5. The van der Waals surface area contributed by atoms with E-state index in [1.165, 1.54) is 25.1 Å². The zero-order valence-corrected chi connectivity index (χ0v) is 10.3. The highest BCUT2D eigenvalue weighted by Gasteiger charge is 2.36. The van der Waals surface area contributed by atoms with Crippen molar-refractivity contribution in [3.63, 3.8) is 0 Å². The summed E-state index contributed by atoms with van der Waals surface area (Å²) in [4.78, 5) is 11.7. The number of ether oxygens (including phenoxy) is 1. The Hall–Kier alpha value is -1.07. The maximum atomic E-state index is 13.4. The minimum Gasteiger partial charge on any atom is -0.494 e. The van der Waals surface area contributed by atoms with Crippen molar-refractivity contribution in [3.05, 3.63) is 24.0 Å². The van der Waals surface area contributed by atoms with Gasteiger partial charge in [0.2, 0.25) is 0 Å². The first kappa shape index (κ1) is 12.4. The van der Waals surface area contributed by atoms with Crippen LogP contribution in [-0.4, -0.2) is 18.9 Å². The zero-order chi connectivity index (χ0) is 12.3. The third kappa shape index (κ3) is 2.61. The van der Waals surface area contributed by atoms with Crippen LogP contribution in [0.2, 0.25) is 0 Å². The van der Waals surface area contributed by atoms with Gasteiger partial charge >= 0.3 is 0 Å². The first-order valence-corrected chi connectivity index (χ1v) is 6.25. The van der Waals surface area contributed by atoms with Crippen LogP contribution in [0.25, 0.3) is 0 Å². The lowest BCUT2D eigenvalue weighted by Gasteiger charge is -2.36. The van der Waals surface area contributed by atoms with E-state index in [1.54, 1.807) is 12.1 Å². The molecule has 0 saturated heterocycles. The standard InChI is InChI=1S/C12H14FNO2S/c1-16-11-4-3-9(7-10(11)13)17-14-12(8-15)5-2-6-12/h3-4,7-8,14H,2,5-6H2,1H3. The smallest absolute Gasteiger partial charge is 0.166 e. The number of hydrogen-bond donors (Lipinski definition) is 1. The van der Waals surface area contributed by atoms with Crippen LogP contribution >= 0.6 is 11.9 Å². The molecule has 0 heterocycles. The number of nitrogens with one attached hydrogen (secondary N) is 1. The predicted octanol–water partition coefficient (Wildman–Crippen LogP) is 2.55. The van der Waals surface area contributed by atoms with Crippen LogP contribution in [0, 0.1) is 5.82 Å². The summed E-state index contributed by atoms with van der Waals surface area (Å²) in [7, 11) is 1.43. The molecule has 1 saturated carbocycles. The predicted molar refractivity (Wildman–Crippen MR) is 64.6 cm³/mol. The van der Waals surface area contributed by atoms with E-state index >= 15 is 0 Å². The summed E-state index contributed by atoms with van der Waals surface area (Å²) in [5, 5.41) is 0. The summed E-state index contributed by atoms with van der Waals surface area (Å²) in [5.74, 6) is -0.170. The number of benzene rings is 1. The summed E-state index contributed by atoms with van der Waals surface area (Å²) in [6.07, 6.45) is 3.71. The zero-order valence-electron chi connectivity index (χ0n) is 9.53. The van der Waals surface area contributed by atoms with Gasteiger partial charge in [0.25, 0.3) is 0 Å². The van der Waals surface area contributed by atoms with Gasteiger partial charge in [0.1, 0.15) is 6.29 Å². The van der Waals surface area contributed by atoms with Crippen molar-refractivity contribution < 1.29 is 13.9 Å². The third-order valence-electron chi connectivity index (χ3n) is 2.97. The quantitative estimate of drug-likeness (QED) is 0.648. The second-order valence-corrected chi connectivity index (χ2v) is 5.01. The topological polar surface area (TPSA) is 38.3 Å². The van der Waals surface area contributed by atoms with Gasteiger partial charge in [-0.1, -0.05) is 0 Å². The summed E-state index contributed by atoms with van der Waals surface area (Å²) < 4.78 is 21.4. The summed E-state index contributed by atoms with van der Waals surface area (Å²) in [5.41, 5.74) is -0.416.